The van der Waals surface area contributed by atoms with Gasteiger partial charge in [-0.15, -0.1) is 0 Å². The number of methoxy groups -OCH3 is 1. The summed E-state index contributed by atoms with van der Waals surface area (Å²) >= 11 is 0. The predicted molar refractivity (Wildman–Crippen MR) is 143 cm³/mol. The van der Waals surface area contributed by atoms with Crippen molar-refractivity contribution in [1.29, 1.82) is 10.5 Å². The van der Waals surface area contributed by atoms with Crippen molar-refractivity contribution < 1.29 is 13.2 Å². The average molecular weight is 531 g/mol. The Morgan fingerprint density at radius 3 is 2.13 bits per heavy atom. The molecule has 0 bridgehead atoms. The summed E-state index contributed by atoms with van der Waals surface area (Å²) in [4.78, 5) is 13.4. The Bertz CT molecular complexity index is 1640. The summed E-state index contributed by atoms with van der Waals surface area (Å²) in [5.41, 5.74) is 6.56. The fourth-order valence-electron chi connectivity index (χ4n) is 4.37. The number of pyridine rings is 1. The van der Waals surface area contributed by atoms with Crippen molar-refractivity contribution in [1.82, 2.24) is 8.98 Å². The van der Waals surface area contributed by atoms with Gasteiger partial charge in [0.1, 0.15) is 34.8 Å². The highest BCUT2D eigenvalue weighted by Crippen LogP contribution is 2.30. The van der Waals surface area contributed by atoms with Gasteiger partial charge in [-0.1, -0.05) is 30.7 Å². The van der Waals surface area contributed by atoms with Crippen LogP contribution in [0.2, 0.25) is 0 Å². The van der Waals surface area contributed by atoms with Gasteiger partial charge in [-0.25, -0.2) is 8.42 Å². The van der Waals surface area contributed by atoms with Crippen LogP contribution in [0.5, 0.6) is 5.75 Å². The Balaban J connectivity index is 1.75. The molecular weight excluding hydrogens is 504 g/mol. The number of rotatable bonds is 6. The van der Waals surface area contributed by atoms with Crippen molar-refractivity contribution in [2.24, 2.45) is 5.10 Å². The second kappa shape index (κ2) is 10.9. The number of nitrogen functional groups attached to an aromatic ring is 1. The van der Waals surface area contributed by atoms with E-state index in [9.17, 15) is 23.7 Å². The van der Waals surface area contributed by atoms with Gasteiger partial charge in [0.2, 0.25) is 10.0 Å². The zero-order valence-corrected chi connectivity index (χ0v) is 21.8. The van der Waals surface area contributed by atoms with E-state index in [1.54, 1.807) is 43.3 Å². The summed E-state index contributed by atoms with van der Waals surface area (Å²) in [5, 5.41) is 24.0. The third kappa shape index (κ3) is 4.90. The van der Waals surface area contributed by atoms with E-state index in [0.717, 1.165) is 23.9 Å². The number of hydrogen-bond acceptors (Lipinski definition) is 8. The van der Waals surface area contributed by atoms with E-state index < -0.39 is 15.6 Å². The van der Waals surface area contributed by atoms with Gasteiger partial charge in [0, 0.05) is 18.7 Å². The third-order valence-electron chi connectivity index (χ3n) is 6.47. The molecule has 4 rings (SSSR count). The maximum Gasteiger partial charge on any atom is 0.291 e. The summed E-state index contributed by atoms with van der Waals surface area (Å²) < 4.78 is 33.4. The second-order valence-electron chi connectivity index (χ2n) is 8.75. The Kier molecular flexibility index (Phi) is 7.62. The molecule has 0 saturated carbocycles. The molecule has 11 heteroatoms. The molecule has 0 amide bonds. The van der Waals surface area contributed by atoms with E-state index >= 15 is 0 Å². The number of nitrogens with zero attached hydrogens (tertiary/aromatic N) is 5. The molecule has 0 spiro atoms. The number of hydrogen-bond donors (Lipinski definition) is 1. The van der Waals surface area contributed by atoms with Crippen molar-refractivity contribution >= 4 is 21.6 Å². The number of aromatic nitrogens is 1. The van der Waals surface area contributed by atoms with Crippen LogP contribution in [0.15, 0.2) is 63.3 Å². The molecule has 2 heterocycles. The minimum atomic E-state index is -3.59. The first kappa shape index (κ1) is 26.6. The number of benzene rings is 2. The van der Waals surface area contributed by atoms with Gasteiger partial charge in [-0.2, -0.15) is 24.6 Å². The molecule has 1 aliphatic heterocycles. The van der Waals surface area contributed by atoms with E-state index in [4.69, 9.17) is 10.5 Å². The van der Waals surface area contributed by atoms with Crippen molar-refractivity contribution in [3.8, 4) is 29.0 Å². The van der Waals surface area contributed by atoms with Gasteiger partial charge in [0.25, 0.3) is 5.56 Å². The lowest BCUT2D eigenvalue weighted by Gasteiger charge is -2.25. The molecule has 0 radical (unpaired) electrons. The van der Waals surface area contributed by atoms with Gasteiger partial charge in [-0.05, 0) is 55.2 Å². The van der Waals surface area contributed by atoms with E-state index in [1.807, 2.05) is 12.1 Å². The smallest absolute Gasteiger partial charge is 0.291 e. The molecule has 2 N–H and O–H groups in total. The zero-order chi connectivity index (χ0) is 27.4. The lowest BCUT2D eigenvalue weighted by Crippen LogP contribution is -2.35. The number of ether oxygens (including phenoxy) is 1. The van der Waals surface area contributed by atoms with Crippen LogP contribution >= 0.6 is 0 Å². The minimum Gasteiger partial charge on any atom is -0.497 e. The summed E-state index contributed by atoms with van der Waals surface area (Å²) in [6.07, 6.45) is 2.70. The van der Waals surface area contributed by atoms with Crippen LogP contribution in [0.1, 0.15) is 42.9 Å². The van der Waals surface area contributed by atoms with E-state index in [1.165, 1.54) is 23.5 Å². The molecule has 1 fully saturated rings. The van der Waals surface area contributed by atoms with Crippen molar-refractivity contribution in [2.45, 2.75) is 31.1 Å². The van der Waals surface area contributed by atoms with E-state index in [0.29, 0.717) is 35.7 Å². The van der Waals surface area contributed by atoms with E-state index in [2.05, 4.69) is 5.10 Å². The maximum atomic E-state index is 13.3. The summed E-state index contributed by atoms with van der Waals surface area (Å²) in [7, 11) is -2.08. The fraction of sp³-hybridized carbons (Fsp3) is 0.259. The normalized spacial score (nSPS) is 14.5. The number of sulfonamides is 1. The maximum absolute atomic E-state index is 13.3. The highest BCUT2D eigenvalue weighted by atomic mass is 32.2. The van der Waals surface area contributed by atoms with Crippen LogP contribution in [0, 0.1) is 22.7 Å². The Labute approximate surface area is 220 Å². The summed E-state index contributed by atoms with van der Waals surface area (Å²) in [6.45, 7) is 2.62. The van der Waals surface area contributed by atoms with Gasteiger partial charge in [0.05, 0.1) is 17.7 Å². The second-order valence-corrected chi connectivity index (χ2v) is 10.7. The molecule has 38 heavy (non-hydrogen) atoms. The molecular formula is C27H26N6O4S. The van der Waals surface area contributed by atoms with Crippen LogP contribution < -0.4 is 16.0 Å². The van der Waals surface area contributed by atoms with Gasteiger partial charge in [-0.3, -0.25) is 4.79 Å². The predicted octanol–water partition coefficient (Wildman–Crippen LogP) is 3.30. The third-order valence-corrected chi connectivity index (χ3v) is 8.38. The number of nitrogens with two attached hydrogens (primary N) is 1. The summed E-state index contributed by atoms with van der Waals surface area (Å²) in [5.74, 6) is 0.355. The van der Waals surface area contributed by atoms with Crippen LogP contribution in [0.3, 0.4) is 0 Å². The Morgan fingerprint density at radius 2 is 1.58 bits per heavy atom. The van der Waals surface area contributed by atoms with Crippen LogP contribution in [-0.4, -0.2) is 43.3 Å². The van der Waals surface area contributed by atoms with Crippen LogP contribution in [0.4, 0.5) is 5.82 Å². The zero-order valence-electron chi connectivity index (χ0n) is 21.0. The first-order valence-electron chi connectivity index (χ1n) is 11.9. The molecule has 194 valence electrons. The molecule has 0 unspecified atom stereocenters. The van der Waals surface area contributed by atoms with Gasteiger partial charge in [0.15, 0.2) is 0 Å². The Morgan fingerprint density at radius 1 is 0.974 bits per heavy atom. The molecule has 1 saturated heterocycles. The SMILES string of the molecule is COc1ccc(-c2c(C#N)c(N)n(/N=C(\C)c3ccc(S(=O)(=O)N4CCCCC4)cc3)c(=O)c2C#N)cc1. The van der Waals surface area contributed by atoms with Crippen molar-refractivity contribution in [3.05, 3.63) is 75.6 Å². The average Bonchev–Trinajstić information content (AvgIpc) is 2.95. The van der Waals surface area contributed by atoms with E-state index in [-0.39, 0.29) is 27.4 Å². The highest BCUT2D eigenvalue weighted by Gasteiger charge is 2.26. The first-order chi connectivity index (χ1) is 18.2. The topological polar surface area (TPSA) is 155 Å². The van der Waals surface area contributed by atoms with Gasteiger partial charge >= 0.3 is 0 Å². The quantitative estimate of drug-likeness (QED) is 0.480. The molecule has 3 aromatic rings. The molecule has 2 aromatic carbocycles. The molecule has 1 aromatic heterocycles. The number of nitriles is 2. The van der Waals surface area contributed by atoms with Crippen LogP contribution in [0.25, 0.3) is 11.1 Å². The number of anilines is 1. The fourth-order valence-corrected chi connectivity index (χ4v) is 5.89. The largest absolute Gasteiger partial charge is 0.497 e. The van der Waals surface area contributed by atoms with Gasteiger partial charge < -0.3 is 10.5 Å². The molecule has 10 nitrogen and oxygen atoms in total. The molecule has 0 atom stereocenters. The lowest BCUT2D eigenvalue weighted by atomic mass is 9.96. The highest BCUT2D eigenvalue weighted by molar-refractivity contribution is 7.89. The lowest BCUT2D eigenvalue weighted by molar-refractivity contribution is 0.346. The monoisotopic (exact) mass is 530 g/mol. The molecule has 1 aliphatic rings. The Hall–Kier alpha value is -4.45. The minimum absolute atomic E-state index is 0.0640. The van der Waals surface area contributed by atoms with Crippen LogP contribution in [-0.2, 0) is 10.0 Å². The first-order valence-corrected chi connectivity index (χ1v) is 13.4. The number of piperidine rings is 1. The van der Waals surface area contributed by atoms with Crippen molar-refractivity contribution in [2.75, 3.05) is 25.9 Å². The standard InChI is InChI=1S/C27H26N6O4S/c1-18(19-8-12-22(13-9-19)38(35,36)32-14-4-3-5-15-32)31-33-26(30)23(16-28)25(24(17-29)27(33)34)20-6-10-21(37-2)11-7-20/h6-13H,3-5,14-15,30H2,1-2H3/b31-18+. The molecule has 0 aliphatic carbocycles. The van der Waals surface area contributed by atoms with Crippen molar-refractivity contribution in [3.63, 3.8) is 0 Å². The summed E-state index contributed by atoms with van der Waals surface area (Å²) in [6, 6.07) is 16.6.